The van der Waals surface area contributed by atoms with Crippen molar-refractivity contribution >= 4 is 23.9 Å². The van der Waals surface area contributed by atoms with Crippen molar-refractivity contribution in [3.05, 3.63) is 42.0 Å². The highest BCUT2D eigenvalue weighted by Crippen LogP contribution is 2.21. The molecule has 7 nitrogen and oxygen atoms in total. The van der Waals surface area contributed by atoms with E-state index >= 15 is 0 Å². The van der Waals surface area contributed by atoms with Gasteiger partial charge < -0.3 is 19.6 Å². The zero-order chi connectivity index (χ0) is 22.2. The van der Waals surface area contributed by atoms with Crippen LogP contribution in [0, 0.1) is 5.92 Å². The Bertz CT molecular complexity index is 775. The number of nitrogens with zero attached hydrogens (tertiary/aromatic N) is 4. The van der Waals surface area contributed by atoms with Gasteiger partial charge in [0, 0.05) is 64.4 Å². The number of carbonyl (C=O) groups is 3. The van der Waals surface area contributed by atoms with E-state index < -0.39 is 0 Å². The highest BCUT2D eigenvalue weighted by atomic mass is 16.2. The molecule has 31 heavy (non-hydrogen) atoms. The lowest BCUT2D eigenvalue weighted by Crippen LogP contribution is -2.55. The van der Waals surface area contributed by atoms with Crippen molar-refractivity contribution in [1.82, 2.24) is 19.6 Å². The lowest BCUT2D eigenvalue weighted by Gasteiger charge is -2.39. The minimum absolute atomic E-state index is 0.00159. The van der Waals surface area contributed by atoms with Crippen LogP contribution in [0.2, 0.25) is 0 Å². The highest BCUT2D eigenvalue weighted by Gasteiger charge is 2.32. The number of rotatable bonds is 5. The van der Waals surface area contributed by atoms with E-state index in [4.69, 9.17) is 0 Å². The van der Waals surface area contributed by atoms with Crippen molar-refractivity contribution in [2.45, 2.75) is 26.7 Å². The standard InChI is InChI=1S/C24H34N4O3/c1-3-25(4-2)24(31)28-18-16-27(17-19-28)23(30)21-12-14-26(15-13-21)22(29)11-10-20-8-6-5-7-9-20/h5-11,21H,3-4,12-19H2,1-2H3/b11-10+. The molecule has 0 bridgehead atoms. The SMILES string of the molecule is CCN(CC)C(=O)N1CCN(C(=O)C2CCN(C(=O)/C=C/c3ccccc3)CC2)CC1. The fraction of sp³-hybridized carbons (Fsp3) is 0.542. The average Bonchev–Trinajstić information content (AvgIpc) is 2.83. The first kappa shape index (κ1) is 22.8. The van der Waals surface area contributed by atoms with Crippen LogP contribution in [0.1, 0.15) is 32.3 Å². The number of amides is 4. The Labute approximate surface area is 185 Å². The average molecular weight is 427 g/mol. The van der Waals surface area contributed by atoms with Crippen LogP contribution in [0.25, 0.3) is 6.08 Å². The van der Waals surface area contributed by atoms with E-state index in [1.54, 1.807) is 6.08 Å². The topological polar surface area (TPSA) is 64.2 Å². The first-order valence-electron chi connectivity index (χ1n) is 11.4. The summed E-state index contributed by atoms with van der Waals surface area (Å²) < 4.78 is 0. The molecule has 2 fully saturated rings. The number of hydrogen-bond donors (Lipinski definition) is 0. The van der Waals surface area contributed by atoms with Crippen LogP contribution in [-0.2, 0) is 9.59 Å². The predicted octanol–water partition coefficient (Wildman–Crippen LogP) is 2.54. The van der Waals surface area contributed by atoms with E-state index in [1.807, 2.05) is 69.9 Å². The van der Waals surface area contributed by atoms with Gasteiger partial charge in [-0.25, -0.2) is 4.79 Å². The molecule has 2 aliphatic heterocycles. The second-order valence-electron chi connectivity index (χ2n) is 8.11. The Morgan fingerprint density at radius 2 is 1.45 bits per heavy atom. The molecule has 0 unspecified atom stereocenters. The highest BCUT2D eigenvalue weighted by molar-refractivity contribution is 5.92. The number of piperidine rings is 1. The van der Waals surface area contributed by atoms with Crippen molar-refractivity contribution in [2.24, 2.45) is 5.92 Å². The van der Waals surface area contributed by atoms with Crippen molar-refractivity contribution < 1.29 is 14.4 Å². The van der Waals surface area contributed by atoms with Gasteiger partial charge in [-0.3, -0.25) is 9.59 Å². The van der Waals surface area contributed by atoms with Crippen LogP contribution in [0.5, 0.6) is 0 Å². The smallest absolute Gasteiger partial charge is 0.320 e. The van der Waals surface area contributed by atoms with Crippen molar-refractivity contribution in [3.63, 3.8) is 0 Å². The minimum atomic E-state index is -0.0350. The normalized spacial score (nSPS) is 17.8. The fourth-order valence-corrected chi connectivity index (χ4v) is 4.25. The Morgan fingerprint density at radius 1 is 0.871 bits per heavy atom. The molecule has 0 N–H and O–H groups in total. The Balaban J connectivity index is 1.44. The first-order valence-corrected chi connectivity index (χ1v) is 11.4. The third-order valence-corrected chi connectivity index (χ3v) is 6.27. The maximum Gasteiger partial charge on any atom is 0.320 e. The van der Waals surface area contributed by atoms with Gasteiger partial charge in [-0.05, 0) is 38.3 Å². The molecule has 0 aromatic heterocycles. The van der Waals surface area contributed by atoms with Crippen LogP contribution in [0.3, 0.4) is 0 Å². The second-order valence-corrected chi connectivity index (χ2v) is 8.11. The fourth-order valence-electron chi connectivity index (χ4n) is 4.25. The van der Waals surface area contributed by atoms with E-state index in [0.29, 0.717) is 65.2 Å². The molecule has 0 saturated carbocycles. The maximum absolute atomic E-state index is 13.0. The van der Waals surface area contributed by atoms with Gasteiger partial charge in [0.1, 0.15) is 0 Å². The quantitative estimate of drug-likeness (QED) is 0.680. The van der Waals surface area contributed by atoms with E-state index in [-0.39, 0.29) is 23.8 Å². The molecule has 0 aliphatic carbocycles. The molecule has 4 amide bonds. The van der Waals surface area contributed by atoms with Crippen LogP contribution >= 0.6 is 0 Å². The summed E-state index contributed by atoms with van der Waals surface area (Å²) >= 11 is 0. The van der Waals surface area contributed by atoms with Crippen molar-refractivity contribution in [2.75, 3.05) is 52.4 Å². The largest absolute Gasteiger partial charge is 0.339 e. The summed E-state index contributed by atoms with van der Waals surface area (Å²) in [6, 6.07) is 9.83. The van der Waals surface area contributed by atoms with Crippen molar-refractivity contribution in [1.29, 1.82) is 0 Å². The summed E-state index contributed by atoms with van der Waals surface area (Å²) in [6.07, 6.45) is 4.84. The molecule has 2 saturated heterocycles. The molecular weight excluding hydrogens is 392 g/mol. The van der Waals surface area contributed by atoms with Gasteiger partial charge >= 0.3 is 6.03 Å². The number of piperazine rings is 1. The molecule has 2 aliphatic rings. The first-order chi connectivity index (χ1) is 15.0. The molecule has 1 aromatic rings. The van der Waals surface area contributed by atoms with Crippen LogP contribution in [0.15, 0.2) is 36.4 Å². The summed E-state index contributed by atoms with van der Waals surface area (Å²) in [5.41, 5.74) is 1.000. The van der Waals surface area contributed by atoms with Gasteiger partial charge in [0.05, 0.1) is 0 Å². The second kappa shape index (κ2) is 11.0. The minimum Gasteiger partial charge on any atom is -0.339 e. The van der Waals surface area contributed by atoms with Crippen LogP contribution < -0.4 is 0 Å². The summed E-state index contributed by atoms with van der Waals surface area (Å²) in [4.78, 5) is 45.3. The summed E-state index contributed by atoms with van der Waals surface area (Å²) in [5.74, 6) is 0.132. The molecule has 2 heterocycles. The molecule has 1 aromatic carbocycles. The van der Waals surface area contributed by atoms with Gasteiger partial charge in [-0.2, -0.15) is 0 Å². The van der Waals surface area contributed by atoms with E-state index in [0.717, 1.165) is 5.56 Å². The molecule has 3 rings (SSSR count). The van der Waals surface area contributed by atoms with E-state index in [9.17, 15) is 14.4 Å². The van der Waals surface area contributed by atoms with E-state index in [1.165, 1.54) is 0 Å². The lowest BCUT2D eigenvalue weighted by atomic mass is 9.95. The summed E-state index contributed by atoms with van der Waals surface area (Å²) in [6.45, 7) is 8.93. The van der Waals surface area contributed by atoms with Gasteiger partial charge in [-0.1, -0.05) is 30.3 Å². The van der Waals surface area contributed by atoms with Gasteiger partial charge in [-0.15, -0.1) is 0 Å². The Hall–Kier alpha value is -2.83. The maximum atomic E-state index is 13.0. The van der Waals surface area contributed by atoms with Crippen LogP contribution in [0.4, 0.5) is 4.79 Å². The third kappa shape index (κ3) is 5.87. The van der Waals surface area contributed by atoms with E-state index in [2.05, 4.69) is 0 Å². The summed E-state index contributed by atoms with van der Waals surface area (Å²) in [7, 11) is 0. The molecule has 7 heteroatoms. The Morgan fingerprint density at radius 3 is 2.03 bits per heavy atom. The number of benzene rings is 1. The predicted molar refractivity (Wildman–Crippen MR) is 121 cm³/mol. The molecule has 0 radical (unpaired) electrons. The van der Waals surface area contributed by atoms with Gasteiger partial charge in [0.15, 0.2) is 0 Å². The van der Waals surface area contributed by atoms with Crippen LogP contribution in [-0.4, -0.2) is 89.8 Å². The molecule has 0 spiro atoms. The van der Waals surface area contributed by atoms with Gasteiger partial charge in [0.2, 0.25) is 11.8 Å². The number of hydrogen-bond acceptors (Lipinski definition) is 3. The molecule has 0 atom stereocenters. The monoisotopic (exact) mass is 426 g/mol. The zero-order valence-electron chi connectivity index (χ0n) is 18.7. The van der Waals surface area contributed by atoms with Crippen molar-refractivity contribution in [3.8, 4) is 0 Å². The van der Waals surface area contributed by atoms with Gasteiger partial charge in [0.25, 0.3) is 0 Å². The molecule has 168 valence electrons. The lowest BCUT2D eigenvalue weighted by molar-refractivity contribution is -0.140. The third-order valence-electron chi connectivity index (χ3n) is 6.27. The zero-order valence-corrected chi connectivity index (χ0v) is 18.7. The number of urea groups is 1. The molecular formula is C24H34N4O3. The summed E-state index contributed by atoms with van der Waals surface area (Å²) in [5, 5.41) is 0. The Kier molecular flexibility index (Phi) is 8.09. The number of carbonyl (C=O) groups excluding carboxylic acids is 3. The number of likely N-dealkylation sites (tertiary alicyclic amines) is 1.